The molecule has 6 heteroatoms. The number of carbonyl (C=O) groups is 3. The van der Waals surface area contributed by atoms with Crippen LogP contribution in [0, 0.1) is 0 Å². The van der Waals surface area contributed by atoms with Crippen LogP contribution >= 0.6 is 0 Å². The van der Waals surface area contributed by atoms with E-state index in [1.165, 1.54) is 289 Å². The van der Waals surface area contributed by atoms with Gasteiger partial charge in [0.05, 0.1) is 0 Å². The maximum atomic E-state index is 12.9. The first-order chi connectivity index (χ1) is 39.5. The van der Waals surface area contributed by atoms with Gasteiger partial charge in [-0.3, -0.25) is 14.4 Å². The molecule has 0 spiro atoms. The molecule has 0 aliphatic carbocycles. The lowest BCUT2D eigenvalue weighted by molar-refractivity contribution is -0.167. The lowest BCUT2D eigenvalue weighted by Gasteiger charge is -2.18. The zero-order valence-electron chi connectivity index (χ0n) is 54.1. The van der Waals surface area contributed by atoms with Crippen molar-refractivity contribution in [2.45, 2.75) is 406 Å². The number of hydrogen-bond acceptors (Lipinski definition) is 6. The second-order valence-electron chi connectivity index (χ2n) is 24.5. The fourth-order valence-electron chi connectivity index (χ4n) is 11.0. The van der Waals surface area contributed by atoms with Gasteiger partial charge in [0.2, 0.25) is 0 Å². The molecule has 0 fully saturated rings. The van der Waals surface area contributed by atoms with E-state index in [0.29, 0.717) is 19.3 Å². The molecule has 0 radical (unpaired) electrons. The van der Waals surface area contributed by atoms with Crippen LogP contribution in [0.25, 0.3) is 0 Å². The first-order valence-corrected chi connectivity index (χ1v) is 36.0. The van der Waals surface area contributed by atoms with Gasteiger partial charge in [-0.05, 0) is 57.8 Å². The zero-order valence-corrected chi connectivity index (χ0v) is 54.1. The number of hydrogen-bond donors (Lipinski definition) is 0. The van der Waals surface area contributed by atoms with Gasteiger partial charge in [-0.2, -0.15) is 0 Å². The van der Waals surface area contributed by atoms with Gasteiger partial charge < -0.3 is 14.2 Å². The molecule has 0 aliphatic heterocycles. The average Bonchev–Trinajstić information content (AvgIpc) is 3.46. The Bertz CT molecular complexity index is 1340. The van der Waals surface area contributed by atoms with Crippen molar-refractivity contribution in [1.82, 2.24) is 0 Å². The van der Waals surface area contributed by atoms with E-state index >= 15 is 0 Å². The minimum absolute atomic E-state index is 0.0652. The van der Waals surface area contributed by atoms with Crippen LogP contribution in [0.1, 0.15) is 400 Å². The first kappa shape index (κ1) is 77.6. The van der Waals surface area contributed by atoms with Gasteiger partial charge in [-0.25, -0.2) is 0 Å². The van der Waals surface area contributed by atoms with Crippen molar-refractivity contribution >= 4 is 17.9 Å². The largest absolute Gasteiger partial charge is 0.462 e. The Morgan fingerprint density at radius 1 is 0.250 bits per heavy atom. The van der Waals surface area contributed by atoms with E-state index in [9.17, 15) is 14.4 Å². The van der Waals surface area contributed by atoms with Gasteiger partial charge >= 0.3 is 17.9 Å². The van der Waals surface area contributed by atoms with Crippen LogP contribution in [0.2, 0.25) is 0 Å². The standard InChI is InChI=1S/C74H138O6/c1-4-7-10-13-16-19-22-25-27-29-31-33-34-35-36-37-38-39-40-42-43-45-47-49-52-55-58-61-64-67-73(76)79-70-71(69-78-72(75)66-63-60-57-54-51-24-21-18-15-12-9-6-3)80-74(77)68-65-62-59-56-53-50-48-46-44-41-32-30-28-26-23-20-17-14-11-8-5-2/h22,25,29,31,34-35,71H,4-21,23-24,26-28,30,32-33,36-70H2,1-3H3/b25-22-,31-29-,35-34-. The molecule has 0 aromatic heterocycles. The third kappa shape index (κ3) is 66.4. The van der Waals surface area contributed by atoms with Gasteiger partial charge in [0.15, 0.2) is 6.10 Å². The molecule has 0 saturated heterocycles. The highest BCUT2D eigenvalue weighted by Gasteiger charge is 2.19. The highest BCUT2D eigenvalue weighted by atomic mass is 16.6. The van der Waals surface area contributed by atoms with Gasteiger partial charge in [0.25, 0.3) is 0 Å². The minimum atomic E-state index is -0.768. The van der Waals surface area contributed by atoms with Crippen molar-refractivity contribution in [2.75, 3.05) is 13.2 Å². The van der Waals surface area contributed by atoms with E-state index < -0.39 is 6.10 Å². The maximum absolute atomic E-state index is 12.9. The summed E-state index contributed by atoms with van der Waals surface area (Å²) >= 11 is 0. The number of allylic oxidation sites excluding steroid dienone is 6. The summed E-state index contributed by atoms with van der Waals surface area (Å²) in [5.41, 5.74) is 0. The maximum Gasteiger partial charge on any atom is 0.306 e. The highest BCUT2D eigenvalue weighted by molar-refractivity contribution is 5.71. The molecule has 80 heavy (non-hydrogen) atoms. The molecule has 0 heterocycles. The summed E-state index contributed by atoms with van der Waals surface area (Å²) in [5.74, 6) is -0.835. The molecule has 470 valence electrons. The number of ether oxygens (including phenoxy) is 3. The number of carbonyl (C=O) groups excluding carboxylic acids is 3. The van der Waals surface area contributed by atoms with Crippen molar-refractivity contribution in [3.8, 4) is 0 Å². The monoisotopic (exact) mass is 1120 g/mol. The van der Waals surface area contributed by atoms with Crippen molar-refractivity contribution in [1.29, 1.82) is 0 Å². The molecule has 0 aliphatic rings. The molecular weight excluding hydrogens is 985 g/mol. The summed E-state index contributed by atoms with van der Waals surface area (Å²) in [6.45, 7) is 6.70. The molecule has 0 aromatic carbocycles. The molecule has 0 amide bonds. The Morgan fingerprint density at radius 3 is 0.700 bits per heavy atom. The Labute approximate surface area is 499 Å². The molecule has 0 bridgehead atoms. The lowest BCUT2D eigenvalue weighted by Crippen LogP contribution is -2.30. The summed E-state index contributed by atoms with van der Waals surface area (Å²) in [4.78, 5) is 38.4. The minimum Gasteiger partial charge on any atom is -0.462 e. The van der Waals surface area contributed by atoms with Gasteiger partial charge in [-0.1, -0.05) is 359 Å². The Hall–Kier alpha value is -2.37. The van der Waals surface area contributed by atoms with E-state index in [1.807, 2.05) is 0 Å². The van der Waals surface area contributed by atoms with Crippen molar-refractivity contribution in [3.05, 3.63) is 36.5 Å². The molecule has 1 unspecified atom stereocenters. The fourth-order valence-corrected chi connectivity index (χ4v) is 11.0. The zero-order chi connectivity index (χ0) is 57.8. The predicted molar refractivity (Wildman–Crippen MR) is 349 cm³/mol. The average molecular weight is 1120 g/mol. The number of esters is 3. The van der Waals surface area contributed by atoms with Crippen LogP contribution in [-0.2, 0) is 28.6 Å². The van der Waals surface area contributed by atoms with Crippen LogP contribution in [-0.4, -0.2) is 37.2 Å². The van der Waals surface area contributed by atoms with E-state index in [-0.39, 0.29) is 31.1 Å². The van der Waals surface area contributed by atoms with Crippen LogP contribution in [0.4, 0.5) is 0 Å². The van der Waals surface area contributed by atoms with Crippen molar-refractivity contribution in [2.24, 2.45) is 0 Å². The molecule has 0 N–H and O–H groups in total. The molecule has 6 nitrogen and oxygen atoms in total. The summed E-state index contributed by atoms with van der Waals surface area (Å²) in [7, 11) is 0. The number of unbranched alkanes of at least 4 members (excludes halogenated alkanes) is 50. The topological polar surface area (TPSA) is 78.9 Å². The second-order valence-corrected chi connectivity index (χ2v) is 24.5. The third-order valence-corrected chi connectivity index (χ3v) is 16.4. The summed E-state index contributed by atoms with van der Waals surface area (Å²) in [5, 5.41) is 0. The van der Waals surface area contributed by atoms with E-state index in [0.717, 1.165) is 70.6 Å². The normalized spacial score (nSPS) is 12.2. The summed E-state index contributed by atoms with van der Waals surface area (Å²) in [6, 6.07) is 0. The van der Waals surface area contributed by atoms with Crippen molar-refractivity contribution < 1.29 is 28.6 Å². The van der Waals surface area contributed by atoms with Crippen LogP contribution in [0.5, 0.6) is 0 Å². The Balaban J connectivity index is 4.18. The Morgan fingerprint density at radius 2 is 0.450 bits per heavy atom. The van der Waals surface area contributed by atoms with E-state index in [2.05, 4.69) is 57.2 Å². The summed E-state index contributed by atoms with van der Waals surface area (Å²) in [6.07, 6.45) is 86.1. The molecular formula is C74H138O6. The third-order valence-electron chi connectivity index (χ3n) is 16.4. The SMILES string of the molecule is CCCCCCC/C=C\C/C=C\C/C=C\CCCCCCCCCCCCCCCCC(=O)OCC(COC(=O)CCCCCCCCCCCCCC)OC(=O)CCCCCCCCCCCCCCCCCCCCCCC. The molecule has 1 atom stereocenters. The smallest absolute Gasteiger partial charge is 0.306 e. The van der Waals surface area contributed by atoms with Crippen LogP contribution in [0.15, 0.2) is 36.5 Å². The van der Waals surface area contributed by atoms with Gasteiger partial charge in [0, 0.05) is 19.3 Å². The first-order valence-electron chi connectivity index (χ1n) is 36.0. The van der Waals surface area contributed by atoms with Crippen LogP contribution in [0.3, 0.4) is 0 Å². The predicted octanol–water partition coefficient (Wildman–Crippen LogP) is 24.7. The summed E-state index contributed by atoms with van der Waals surface area (Å²) < 4.78 is 17.0. The Kier molecular flexibility index (Phi) is 67.1. The lowest BCUT2D eigenvalue weighted by atomic mass is 10.0. The van der Waals surface area contributed by atoms with E-state index in [1.54, 1.807) is 0 Å². The van der Waals surface area contributed by atoms with E-state index in [4.69, 9.17) is 14.2 Å². The molecule has 0 saturated carbocycles. The van der Waals surface area contributed by atoms with Crippen molar-refractivity contribution in [3.63, 3.8) is 0 Å². The fraction of sp³-hybridized carbons (Fsp3) is 0.878. The van der Waals surface area contributed by atoms with Gasteiger partial charge in [0.1, 0.15) is 13.2 Å². The quantitative estimate of drug-likeness (QED) is 0.0261. The number of rotatable bonds is 67. The highest BCUT2D eigenvalue weighted by Crippen LogP contribution is 2.19. The van der Waals surface area contributed by atoms with Gasteiger partial charge in [-0.15, -0.1) is 0 Å². The second kappa shape index (κ2) is 69.1. The van der Waals surface area contributed by atoms with Crippen LogP contribution < -0.4 is 0 Å². The molecule has 0 rings (SSSR count). The molecule has 0 aromatic rings.